The smallest absolute Gasteiger partial charge is 0.264 e. The zero-order valence-corrected chi connectivity index (χ0v) is 18.3. The summed E-state index contributed by atoms with van der Waals surface area (Å²) in [6.07, 6.45) is -0.689. The van der Waals surface area contributed by atoms with Crippen LogP contribution in [-0.2, 0) is 11.3 Å². The molecule has 3 aromatic rings. The first-order valence-corrected chi connectivity index (χ1v) is 10.8. The van der Waals surface area contributed by atoms with Crippen LogP contribution in [0.4, 0.5) is 8.78 Å². The van der Waals surface area contributed by atoms with Crippen molar-refractivity contribution >= 4 is 16.9 Å². The van der Waals surface area contributed by atoms with Gasteiger partial charge in [0.15, 0.2) is 5.65 Å². The SMILES string of the molecule is Cc1nn(CC(=O)NC(C)c2ccc(C(C)C)cc2)c2nc(C3CC3)cc(C(F)F)c12. The Morgan fingerprint density at radius 3 is 2.39 bits per heavy atom. The Balaban J connectivity index is 1.55. The van der Waals surface area contributed by atoms with Gasteiger partial charge in [0.05, 0.1) is 17.1 Å². The molecule has 1 fully saturated rings. The summed E-state index contributed by atoms with van der Waals surface area (Å²) >= 11 is 0. The number of pyridine rings is 1. The van der Waals surface area contributed by atoms with Crippen molar-refractivity contribution in [3.05, 3.63) is 58.4 Å². The molecule has 31 heavy (non-hydrogen) atoms. The number of nitrogens with one attached hydrogen (secondary N) is 1. The first-order valence-electron chi connectivity index (χ1n) is 10.8. The number of hydrogen-bond acceptors (Lipinski definition) is 3. The zero-order valence-electron chi connectivity index (χ0n) is 18.3. The summed E-state index contributed by atoms with van der Waals surface area (Å²) < 4.78 is 28.9. The van der Waals surface area contributed by atoms with Crippen molar-refractivity contribution in [1.29, 1.82) is 0 Å². The van der Waals surface area contributed by atoms with Crippen LogP contribution in [-0.4, -0.2) is 20.7 Å². The molecule has 1 unspecified atom stereocenters. The lowest BCUT2D eigenvalue weighted by Gasteiger charge is -2.16. The minimum Gasteiger partial charge on any atom is -0.348 e. The number of carbonyl (C=O) groups excluding carboxylic acids is 1. The highest BCUT2D eigenvalue weighted by Crippen LogP contribution is 2.41. The standard InChI is InChI=1S/C24H28F2N4O/c1-13(2)16-5-7-17(8-6-16)14(3)27-21(31)12-30-24-22(15(4)29-30)19(23(25)26)11-20(28-24)18-9-10-18/h5-8,11,13-14,18,23H,9-10,12H2,1-4H3,(H,27,31). The first-order chi connectivity index (χ1) is 14.7. The maximum absolute atomic E-state index is 13.7. The molecule has 0 spiro atoms. The van der Waals surface area contributed by atoms with Crippen molar-refractivity contribution in [1.82, 2.24) is 20.1 Å². The Morgan fingerprint density at radius 1 is 1.16 bits per heavy atom. The molecule has 1 aliphatic carbocycles. The summed E-state index contributed by atoms with van der Waals surface area (Å²) in [4.78, 5) is 17.3. The second-order valence-corrected chi connectivity index (χ2v) is 8.76. The molecule has 4 rings (SSSR count). The molecule has 2 aromatic heterocycles. The number of rotatable bonds is 7. The van der Waals surface area contributed by atoms with Crippen LogP contribution in [0.1, 0.15) is 86.0 Å². The number of amides is 1. The molecule has 2 heterocycles. The van der Waals surface area contributed by atoms with E-state index in [1.807, 2.05) is 19.1 Å². The maximum atomic E-state index is 13.7. The minimum atomic E-state index is -2.61. The minimum absolute atomic E-state index is 0.0466. The Bertz CT molecular complexity index is 1100. The lowest BCUT2D eigenvalue weighted by molar-refractivity contribution is -0.122. The van der Waals surface area contributed by atoms with Gasteiger partial charge < -0.3 is 5.32 Å². The van der Waals surface area contributed by atoms with Crippen LogP contribution in [0.25, 0.3) is 11.0 Å². The highest BCUT2D eigenvalue weighted by atomic mass is 19.3. The van der Waals surface area contributed by atoms with E-state index in [2.05, 4.69) is 41.4 Å². The monoisotopic (exact) mass is 426 g/mol. The molecule has 1 N–H and O–H groups in total. The van der Waals surface area contributed by atoms with Gasteiger partial charge in [-0.3, -0.25) is 4.79 Å². The fourth-order valence-electron chi connectivity index (χ4n) is 3.95. The number of benzene rings is 1. The van der Waals surface area contributed by atoms with Crippen LogP contribution in [0.2, 0.25) is 0 Å². The van der Waals surface area contributed by atoms with E-state index in [1.165, 1.54) is 16.3 Å². The molecule has 0 radical (unpaired) electrons. The summed E-state index contributed by atoms with van der Waals surface area (Å²) in [6.45, 7) is 7.81. The molecule has 1 aliphatic rings. The maximum Gasteiger partial charge on any atom is 0.264 e. The Labute approximate surface area is 180 Å². The fourth-order valence-corrected chi connectivity index (χ4v) is 3.95. The van der Waals surface area contributed by atoms with Gasteiger partial charge in [-0.2, -0.15) is 5.10 Å². The lowest BCUT2D eigenvalue weighted by atomic mass is 9.99. The van der Waals surface area contributed by atoms with Gasteiger partial charge in [-0.05, 0) is 49.8 Å². The average molecular weight is 427 g/mol. The molecule has 0 aliphatic heterocycles. The predicted molar refractivity (Wildman–Crippen MR) is 116 cm³/mol. The van der Waals surface area contributed by atoms with Gasteiger partial charge in [0.1, 0.15) is 6.54 Å². The van der Waals surface area contributed by atoms with Crippen molar-refractivity contribution in [3.63, 3.8) is 0 Å². The molecule has 1 aromatic carbocycles. The van der Waals surface area contributed by atoms with Gasteiger partial charge >= 0.3 is 0 Å². The Morgan fingerprint density at radius 2 is 1.81 bits per heavy atom. The van der Waals surface area contributed by atoms with E-state index in [1.54, 1.807) is 6.92 Å². The van der Waals surface area contributed by atoms with Gasteiger partial charge in [-0.1, -0.05) is 38.1 Å². The molecule has 7 heteroatoms. The third-order valence-electron chi connectivity index (χ3n) is 5.93. The molecule has 1 saturated carbocycles. The number of aromatic nitrogens is 3. The van der Waals surface area contributed by atoms with Crippen LogP contribution < -0.4 is 5.32 Å². The quantitative estimate of drug-likeness (QED) is 0.538. The number of aryl methyl sites for hydroxylation is 1. The van der Waals surface area contributed by atoms with Crippen molar-refractivity contribution < 1.29 is 13.6 Å². The highest BCUT2D eigenvalue weighted by molar-refractivity contribution is 5.85. The second-order valence-electron chi connectivity index (χ2n) is 8.76. The number of carbonyl (C=O) groups is 1. The van der Waals surface area contributed by atoms with E-state index in [9.17, 15) is 13.6 Å². The number of alkyl halides is 2. The van der Waals surface area contributed by atoms with Crippen LogP contribution >= 0.6 is 0 Å². The van der Waals surface area contributed by atoms with Gasteiger partial charge in [-0.25, -0.2) is 18.4 Å². The summed E-state index contributed by atoms with van der Waals surface area (Å²) in [5.41, 5.74) is 3.70. The lowest BCUT2D eigenvalue weighted by Crippen LogP contribution is -2.30. The largest absolute Gasteiger partial charge is 0.348 e. The van der Waals surface area contributed by atoms with Gasteiger partial charge in [0.25, 0.3) is 6.43 Å². The normalized spacial score (nSPS) is 15.1. The molecule has 5 nitrogen and oxygen atoms in total. The van der Waals surface area contributed by atoms with Gasteiger partial charge in [0.2, 0.25) is 5.91 Å². The van der Waals surface area contributed by atoms with E-state index in [-0.39, 0.29) is 30.0 Å². The average Bonchev–Trinajstić information content (AvgIpc) is 3.53. The van der Waals surface area contributed by atoms with Crippen molar-refractivity contribution in [2.45, 2.75) is 71.4 Å². The molecular formula is C24H28F2N4O. The molecule has 1 atom stereocenters. The summed E-state index contributed by atoms with van der Waals surface area (Å²) in [5.74, 6) is 0.441. The van der Waals surface area contributed by atoms with Crippen molar-refractivity contribution in [2.24, 2.45) is 0 Å². The number of fused-ring (bicyclic) bond motifs is 1. The highest BCUT2D eigenvalue weighted by Gasteiger charge is 2.29. The van der Waals surface area contributed by atoms with Gasteiger partial charge in [0, 0.05) is 17.2 Å². The summed E-state index contributed by atoms with van der Waals surface area (Å²) in [7, 11) is 0. The van der Waals surface area contributed by atoms with E-state index in [0.29, 0.717) is 28.3 Å². The third kappa shape index (κ3) is 4.45. The third-order valence-corrected chi connectivity index (χ3v) is 5.93. The number of nitrogens with zero attached hydrogens (tertiary/aromatic N) is 3. The molecule has 164 valence electrons. The van der Waals surface area contributed by atoms with Crippen LogP contribution in [0, 0.1) is 6.92 Å². The number of hydrogen-bond donors (Lipinski definition) is 1. The Hall–Kier alpha value is -2.83. The zero-order chi connectivity index (χ0) is 22.3. The van der Waals surface area contributed by atoms with Crippen LogP contribution in [0.3, 0.4) is 0 Å². The van der Waals surface area contributed by atoms with Gasteiger partial charge in [-0.15, -0.1) is 0 Å². The fraction of sp³-hybridized carbons (Fsp3) is 0.458. The van der Waals surface area contributed by atoms with E-state index in [0.717, 1.165) is 18.4 Å². The number of halogens is 2. The van der Waals surface area contributed by atoms with Crippen LogP contribution in [0.5, 0.6) is 0 Å². The van der Waals surface area contributed by atoms with Crippen molar-refractivity contribution in [2.75, 3.05) is 0 Å². The summed E-state index contributed by atoms with van der Waals surface area (Å²) in [6, 6.07) is 9.51. The topological polar surface area (TPSA) is 59.8 Å². The second kappa shape index (κ2) is 8.36. The van der Waals surface area contributed by atoms with E-state index >= 15 is 0 Å². The van der Waals surface area contributed by atoms with E-state index < -0.39 is 6.43 Å². The molecule has 0 bridgehead atoms. The molecular weight excluding hydrogens is 398 g/mol. The van der Waals surface area contributed by atoms with Crippen molar-refractivity contribution in [3.8, 4) is 0 Å². The van der Waals surface area contributed by atoms with E-state index in [4.69, 9.17) is 0 Å². The first kappa shape index (κ1) is 21.4. The van der Waals surface area contributed by atoms with Crippen LogP contribution in [0.15, 0.2) is 30.3 Å². The summed E-state index contributed by atoms with van der Waals surface area (Å²) in [5, 5.41) is 7.69. The molecule has 0 saturated heterocycles. The predicted octanol–water partition coefficient (Wildman–Crippen LogP) is 5.56. The Kier molecular flexibility index (Phi) is 5.77. The molecule has 1 amide bonds.